The molecule has 1 aromatic heterocycles. The molecule has 2 heteroatoms. The predicted molar refractivity (Wildman–Crippen MR) is 82.5 cm³/mol. The molecule has 0 amide bonds. The standard InChI is InChI=1S/C18H22N2/c19-18(14-15-9-12-20-13-10-15)11-5-4-8-17(18)16-6-2-1-3-7-16/h1-3,6-7,9-10,12-13,17H,4-5,8,11,14,19H2. The van der Waals surface area contributed by atoms with Crippen LogP contribution in [0.5, 0.6) is 0 Å². The van der Waals surface area contributed by atoms with Gasteiger partial charge in [-0.3, -0.25) is 4.98 Å². The Balaban J connectivity index is 1.88. The minimum atomic E-state index is -0.124. The van der Waals surface area contributed by atoms with E-state index in [4.69, 9.17) is 5.73 Å². The first-order chi connectivity index (χ1) is 9.78. The van der Waals surface area contributed by atoms with Gasteiger partial charge in [0.05, 0.1) is 0 Å². The van der Waals surface area contributed by atoms with Crippen molar-refractivity contribution in [1.82, 2.24) is 4.98 Å². The first-order valence-corrected chi connectivity index (χ1v) is 7.51. The molecular weight excluding hydrogens is 244 g/mol. The molecule has 2 atom stereocenters. The molecule has 0 spiro atoms. The van der Waals surface area contributed by atoms with Gasteiger partial charge in [0, 0.05) is 23.9 Å². The van der Waals surface area contributed by atoms with Crippen LogP contribution in [-0.2, 0) is 6.42 Å². The maximum atomic E-state index is 6.85. The summed E-state index contributed by atoms with van der Waals surface area (Å²) < 4.78 is 0. The van der Waals surface area contributed by atoms with E-state index < -0.39 is 0 Å². The van der Waals surface area contributed by atoms with Crippen molar-refractivity contribution in [3.8, 4) is 0 Å². The molecule has 0 saturated heterocycles. The lowest BCUT2D eigenvalue weighted by molar-refractivity contribution is 0.249. The minimum Gasteiger partial charge on any atom is -0.324 e. The van der Waals surface area contributed by atoms with Crippen LogP contribution in [0.3, 0.4) is 0 Å². The molecule has 20 heavy (non-hydrogen) atoms. The molecule has 1 saturated carbocycles. The minimum absolute atomic E-state index is 0.124. The zero-order valence-electron chi connectivity index (χ0n) is 11.8. The summed E-state index contributed by atoms with van der Waals surface area (Å²) in [6.07, 6.45) is 9.49. The van der Waals surface area contributed by atoms with E-state index in [9.17, 15) is 0 Å². The van der Waals surface area contributed by atoms with Crippen molar-refractivity contribution in [2.24, 2.45) is 5.73 Å². The highest BCUT2D eigenvalue weighted by molar-refractivity contribution is 5.27. The number of nitrogens with zero attached hydrogens (tertiary/aromatic N) is 1. The lowest BCUT2D eigenvalue weighted by atomic mass is 9.67. The number of hydrogen-bond donors (Lipinski definition) is 1. The summed E-state index contributed by atoms with van der Waals surface area (Å²) >= 11 is 0. The van der Waals surface area contributed by atoms with Crippen molar-refractivity contribution >= 4 is 0 Å². The van der Waals surface area contributed by atoms with Gasteiger partial charge in [0.2, 0.25) is 0 Å². The molecule has 104 valence electrons. The second-order valence-corrected chi connectivity index (χ2v) is 5.97. The Morgan fingerprint density at radius 3 is 2.55 bits per heavy atom. The van der Waals surface area contributed by atoms with Crippen LogP contribution in [0.2, 0.25) is 0 Å². The smallest absolute Gasteiger partial charge is 0.0270 e. The summed E-state index contributed by atoms with van der Waals surface area (Å²) in [5.41, 5.74) is 9.41. The molecule has 1 fully saturated rings. The summed E-state index contributed by atoms with van der Waals surface area (Å²) in [5, 5.41) is 0. The quantitative estimate of drug-likeness (QED) is 0.920. The van der Waals surface area contributed by atoms with Crippen LogP contribution in [0.25, 0.3) is 0 Å². The normalized spacial score (nSPS) is 26.4. The fraction of sp³-hybridized carbons (Fsp3) is 0.389. The number of rotatable bonds is 3. The molecule has 1 aromatic carbocycles. The van der Waals surface area contributed by atoms with Gasteiger partial charge in [-0.25, -0.2) is 0 Å². The van der Waals surface area contributed by atoms with E-state index in [-0.39, 0.29) is 5.54 Å². The number of benzene rings is 1. The summed E-state index contributed by atoms with van der Waals surface area (Å²) in [6, 6.07) is 15.0. The Kier molecular flexibility index (Phi) is 3.83. The van der Waals surface area contributed by atoms with Gasteiger partial charge in [-0.15, -0.1) is 0 Å². The molecule has 0 aliphatic heterocycles. The molecule has 2 N–H and O–H groups in total. The molecule has 3 rings (SSSR count). The zero-order chi connectivity index (χ0) is 13.8. The van der Waals surface area contributed by atoms with Crippen LogP contribution in [-0.4, -0.2) is 10.5 Å². The molecule has 1 aliphatic carbocycles. The third-order valence-electron chi connectivity index (χ3n) is 4.56. The molecule has 0 radical (unpaired) electrons. The molecule has 2 unspecified atom stereocenters. The average molecular weight is 266 g/mol. The maximum absolute atomic E-state index is 6.85. The first kappa shape index (κ1) is 13.3. The van der Waals surface area contributed by atoms with Crippen molar-refractivity contribution in [1.29, 1.82) is 0 Å². The van der Waals surface area contributed by atoms with E-state index in [0.29, 0.717) is 5.92 Å². The van der Waals surface area contributed by atoms with Gasteiger partial charge in [-0.1, -0.05) is 43.2 Å². The van der Waals surface area contributed by atoms with Crippen LogP contribution in [0, 0.1) is 0 Å². The fourth-order valence-electron chi connectivity index (χ4n) is 3.54. The third-order valence-corrected chi connectivity index (χ3v) is 4.56. The highest BCUT2D eigenvalue weighted by Crippen LogP contribution is 2.41. The largest absolute Gasteiger partial charge is 0.324 e. The molecule has 2 nitrogen and oxygen atoms in total. The average Bonchev–Trinajstić information content (AvgIpc) is 2.49. The molecule has 0 bridgehead atoms. The van der Waals surface area contributed by atoms with E-state index >= 15 is 0 Å². The number of pyridine rings is 1. The highest BCUT2D eigenvalue weighted by atomic mass is 14.8. The number of nitrogens with two attached hydrogens (primary N) is 1. The van der Waals surface area contributed by atoms with Gasteiger partial charge in [0.25, 0.3) is 0 Å². The summed E-state index contributed by atoms with van der Waals surface area (Å²) in [7, 11) is 0. The topological polar surface area (TPSA) is 38.9 Å². The van der Waals surface area contributed by atoms with Crippen molar-refractivity contribution in [2.75, 3.05) is 0 Å². The van der Waals surface area contributed by atoms with Crippen LogP contribution < -0.4 is 5.73 Å². The van der Waals surface area contributed by atoms with Gasteiger partial charge in [-0.05, 0) is 42.5 Å². The second-order valence-electron chi connectivity index (χ2n) is 5.97. The number of aromatic nitrogens is 1. The van der Waals surface area contributed by atoms with E-state index in [1.807, 2.05) is 12.4 Å². The molecule has 1 heterocycles. The molecule has 1 aliphatic rings. The van der Waals surface area contributed by atoms with Gasteiger partial charge < -0.3 is 5.73 Å². The van der Waals surface area contributed by atoms with Crippen LogP contribution in [0.1, 0.15) is 42.7 Å². The van der Waals surface area contributed by atoms with Crippen LogP contribution >= 0.6 is 0 Å². The fourth-order valence-corrected chi connectivity index (χ4v) is 3.54. The second kappa shape index (κ2) is 5.76. The predicted octanol–water partition coefficient (Wildman–Crippen LogP) is 3.68. The molecule has 2 aromatic rings. The van der Waals surface area contributed by atoms with Gasteiger partial charge in [-0.2, -0.15) is 0 Å². The molecular formula is C18H22N2. The van der Waals surface area contributed by atoms with Crippen molar-refractivity contribution in [2.45, 2.75) is 43.6 Å². The number of hydrogen-bond acceptors (Lipinski definition) is 2. The van der Waals surface area contributed by atoms with E-state index in [2.05, 4.69) is 47.4 Å². The first-order valence-electron chi connectivity index (χ1n) is 7.51. The van der Waals surface area contributed by atoms with E-state index in [0.717, 1.165) is 12.8 Å². The summed E-state index contributed by atoms with van der Waals surface area (Å²) in [5.74, 6) is 0.464. The van der Waals surface area contributed by atoms with E-state index in [1.54, 1.807) is 0 Å². The van der Waals surface area contributed by atoms with Gasteiger partial charge in [0.15, 0.2) is 0 Å². The summed E-state index contributed by atoms with van der Waals surface area (Å²) in [6.45, 7) is 0. The van der Waals surface area contributed by atoms with Crippen LogP contribution in [0.15, 0.2) is 54.9 Å². The Hall–Kier alpha value is -1.67. The maximum Gasteiger partial charge on any atom is 0.0270 e. The lowest BCUT2D eigenvalue weighted by Crippen LogP contribution is -2.49. The van der Waals surface area contributed by atoms with Crippen molar-refractivity contribution < 1.29 is 0 Å². The Bertz CT molecular complexity index is 538. The Labute approximate surface area is 121 Å². The Morgan fingerprint density at radius 2 is 1.80 bits per heavy atom. The zero-order valence-corrected chi connectivity index (χ0v) is 11.8. The summed E-state index contributed by atoms with van der Waals surface area (Å²) in [4.78, 5) is 4.10. The highest BCUT2D eigenvalue weighted by Gasteiger charge is 2.37. The van der Waals surface area contributed by atoms with Crippen molar-refractivity contribution in [3.05, 3.63) is 66.0 Å². The van der Waals surface area contributed by atoms with Crippen molar-refractivity contribution in [3.63, 3.8) is 0 Å². The third kappa shape index (κ3) is 2.75. The lowest BCUT2D eigenvalue weighted by Gasteiger charge is -2.42. The van der Waals surface area contributed by atoms with Gasteiger partial charge >= 0.3 is 0 Å². The van der Waals surface area contributed by atoms with Crippen LogP contribution in [0.4, 0.5) is 0 Å². The Morgan fingerprint density at radius 1 is 1.05 bits per heavy atom. The van der Waals surface area contributed by atoms with Gasteiger partial charge in [0.1, 0.15) is 0 Å². The van der Waals surface area contributed by atoms with E-state index in [1.165, 1.54) is 30.4 Å². The SMILES string of the molecule is NC1(Cc2ccncc2)CCCCC1c1ccccc1. The monoisotopic (exact) mass is 266 g/mol.